The minimum atomic E-state index is 0.510. The molecule has 0 aliphatic rings. The van der Waals surface area contributed by atoms with E-state index >= 15 is 0 Å². The molecule has 112 valence electrons. The monoisotopic (exact) mass is 284 g/mol. The topological polar surface area (TPSA) is 34.1 Å². The number of rotatable bonds is 6. The molecule has 0 amide bonds. The Bertz CT molecular complexity index is 585. The van der Waals surface area contributed by atoms with Crippen molar-refractivity contribution in [2.24, 2.45) is 0 Å². The van der Waals surface area contributed by atoms with Gasteiger partial charge in [0.25, 0.3) is 0 Å². The van der Waals surface area contributed by atoms with Gasteiger partial charge in [-0.1, -0.05) is 25.1 Å². The highest BCUT2D eigenvalue weighted by atomic mass is 16.5. The van der Waals surface area contributed by atoms with Gasteiger partial charge in [0, 0.05) is 12.2 Å². The van der Waals surface area contributed by atoms with Gasteiger partial charge in [0.1, 0.15) is 12.4 Å². The molecule has 1 N–H and O–H groups in total. The third-order valence-electron chi connectivity index (χ3n) is 3.41. The van der Waals surface area contributed by atoms with Crippen LogP contribution in [0.1, 0.15) is 35.0 Å². The molecule has 0 saturated heterocycles. The fourth-order valence-corrected chi connectivity index (χ4v) is 2.47. The summed E-state index contributed by atoms with van der Waals surface area (Å²) in [5.41, 5.74) is 5.63. The van der Waals surface area contributed by atoms with Crippen LogP contribution in [0.4, 0.5) is 0 Å². The lowest BCUT2D eigenvalue weighted by atomic mass is 10.1. The summed E-state index contributed by atoms with van der Waals surface area (Å²) in [6, 6.07) is 10.4. The molecule has 0 atom stereocenters. The Morgan fingerprint density at radius 1 is 1.10 bits per heavy atom. The third-order valence-corrected chi connectivity index (χ3v) is 3.41. The predicted molar refractivity (Wildman–Crippen MR) is 86.6 cm³/mol. The van der Waals surface area contributed by atoms with Crippen molar-refractivity contribution in [3.63, 3.8) is 0 Å². The van der Waals surface area contributed by atoms with Crippen LogP contribution < -0.4 is 10.1 Å². The smallest absolute Gasteiger partial charge is 0.130 e. The first kappa shape index (κ1) is 15.5. The van der Waals surface area contributed by atoms with E-state index in [-0.39, 0.29) is 0 Å². The molecule has 0 saturated carbocycles. The lowest BCUT2D eigenvalue weighted by molar-refractivity contribution is 0.297. The van der Waals surface area contributed by atoms with E-state index in [0.29, 0.717) is 6.61 Å². The molecule has 2 aromatic rings. The van der Waals surface area contributed by atoms with Crippen molar-refractivity contribution in [2.45, 2.75) is 40.8 Å². The van der Waals surface area contributed by atoms with Gasteiger partial charge in [-0.25, -0.2) is 0 Å². The fraction of sp³-hybridized carbons (Fsp3) is 0.389. The lowest BCUT2D eigenvalue weighted by Crippen LogP contribution is -2.12. The first-order valence-electron chi connectivity index (χ1n) is 7.46. The van der Waals surface area contributed by atoms with Crippen LogP contribution in [0, 0.1) is 20.8 Å². The van der Waals surface area contributed by atoms with Crippen LogP contribution in [0.2, 0.25) is 0 Å². The molecule has 1 aromatic carbocycles. The molecule has 3 heteroatoms. The second-order valence-electron chi connectivity index (χ2n) is 5.40. The van der Waals surface area contributed by atoms with Gasteiger partial charge in [0.05, 0.1) is 5.69 Å². The Labute approximate surface area is 127 Å². The van der Waals surface area contributed by atoms with Crippen LogP contribution in [0.3, 0.4) is 0 Å². The second-order valence-corrected chi connectivity index (χ2v) is 5.40. The van der Waals surface area contributed by atoms with E-state index in [9.17, 15) is 0 Å². The van der Waals surface area contributed by atoms with E-state index < -0.39 is 0 Å². The van der Waals surface area contributed by atoms with Crippen molar-refractivity contribution in [3.05, 3.63) is 58.4 Å². The summed E-state index contributed by atoms with van der Waals surface area (Å²) in [6.07, 6.45) is 0. The van der Waals surface area contributed by atoms with Crippen LogP contribution in [0.5, 0.6) is 5.75 Å². The Morgan fingerprint density at radius 3 is 2.43 bits per heavy atom. The van der Waals surface area contributed by atoms with Gasteiger partial charge in [-0.3, -0.25) is 4.98 Å². The fourth-order valence-electron chi connectivity index (χ4n) is 2.47. The van der Waals surface area contributed by atoms with Crippen LogP contribution in [0.25, 0.3) is 0 Å². The van der Waals surface area contributed by atoms with Gasteiger partial charge < -0.3 is 10.1 Å². The lowest BCUT2D eigenvalue weighted by Gasteiger charge is -2.14. The van der Waals surface area contributed by atoms with Crippen LogP contribution in [-0.2, 0) is 13.2 Å². The molecule has 0 bridgehead atoms. The normalized spacial score (nSPS) is 10.7. The van der Waals surface area contributed by atoms with Gasteiger partial charge in [-0.2, -0.15) is 0 Å². The van der Waals surface area contributed by atoms with E-state index in [1.807, 2.05) is 25.1 Å². The quantitative estimate of drug-likeness (QED) is 0.878. The number of pyridine rings is 1. The number of ether oxygens (including phenoxy) is 1. The van der Waals surface area contributed by atoms with Crippen molar-refractivity contribution in [3.8, 4) is 5.75 Å². The number of aryl methyl sites for hydroxylation is 3. The number of hydrogen-bond donors (Lipinski definition) is 1. The zero-order chi connectivity index (χ0) is 15.2. The summed E-state index contributed by atoms with van der Waals surface area (Å²) in [5.74, 6) is 0.971. The molecule has 0 aliphatic carbocycles. The minimum Gasteiger partial charge on any atom is -0.487 e. The van der Waals surface area contributed by atoms with E-state index in [2.05, 4.69) is 43.2 Å². The zero-order valence-electron chi connectivity index (χ0n) is 13.4. The highest BCUT2D eigenvalue weighted by Crippen LogP contribution is 2.25. The molecule has 21 heavy (non-hydrogen) atoms. The summed E-state index contributed by atoms with van der Waals surface area (Å²) >= 11 is 0. The van der Waals surface area contributed by atoms with Crippen molar-refractivity contribution >= 4 is 0 Å². The average Bonchev–Trinajstić information content (AvgIpc) is 2.44. The summed E-state index contributed by atoms with van der Waals surface area (Å²) in [7, 11) is 0. The molecule has 1 heterocycles. The number of benzene rings is 1. The SMILES string of the molecule is CCNCc1cc(C)c(OCc2cccc(C)n2)c(C)c1. The molecule has 0 spiro atoms. The molecule has 3 nitrogen and oxygen atoms in total. The molecular formula is C18H24N2O. The number of nitrogens with zero attached hydrogens (tertiary/aromatic N) is 1. The molecule has 2 rings (SSSR count). The van der Waals surface area contributed by atoms with Crippen LogP contribution in [-0.4, -0.2) is 11.5 Å². The summed E-state index contributed by atoms with van der Waals surface area (Å²) < 4.78 is 5.99. The molecule has 1 aromatic heterocycles. The van der Waals surface area contributed by atoms with Gasteiger partial charge in [-0.05, 0) is 56.1 Å². The van der Waals surface area contributed by atoms with Gasteiger partial charge in [0.15, 0.2) is 0 Å². The largest absolute Gasteiger partial charge is 0.487 e. The maximum absolute atomic E-state index is 5.99. The number of nitrogens with one attached hydrogen (secondary N) is 1. The van der Waals surface area contributed by atoms with Crippen molar-refractivity contribution in [1.82, 2.24) is 10.3 Å². The molecule has 0 radical (unpaired) electrons. The highest BCUT2D eigenvalue weighted by Gasteiger charge is 2.07. The molecule has 0 fully saturated rings. The maximum Gasteiger partial charge on any atom is 0.130 e. The number of aromatic nitrogens is 1. The molecule has 0 aliphatic heterocycles. The third kappa shape index (κ3) is 4.30. The summed E-state index contributed by atoms with van der Waals surface area (Å²) in [6.45, 7) is 10.7. The second kappa shape index (κ2) is 7.23. The highest BCUT2D eigenvalue weighted by molar-refractivity contribution is 5.43. The van der Waals surface area contributed by atoms with Crippen molar-refractivity contribution < 1.29 is 4.74 Å². The predicted octanol–water partition coefficient (Wildman–Crippen LogP) is 3.70. The Balaban J connectivity index is 2.09. The molecule has 0 unspecified atom stereocenters. The van der Waals surface area contributed by atoms with Crippen molar-refractivity contribution in [2.75, 3.05) is 6.54 Å². The van der Waals surface area contributed by atoms with E-state index in [4.69, 9.17) is 4.74 Å². The number of hydrogen-bond acceptors (Lipinski definition) is 3. The van der Waals surface area contributed by atoms with E-state index in [1.165, 1.54) is 16.7 Å². The first-order valence-corrected chi connectivity index (χ1v) is 7.46. The Hall–Kier alpha value is -1.87. The minimum absolute atomic E-state index is 0.510. The molecular weight excluding hydrogens is 260 g/mol. The van der Waals surface area contributed by atoms with Crippen molar-refractivity contribution in [1.29, 1.82) is 0 Å². The standard InChI is InChI=1S/C18H24N2O/c1-5-19-11-16-9-13(2)18(14(3)10-16)21-12-17-8-6-7-15(4)20-17/h6-10,19H,5,11-12H2,1-4H3. The summed E-state index contributed by atoms with van der Waals surface area (Å²) in [5, 5.41) is 3.35. The Morgan fingerprint density at radius 2 is 1.81 bits per heavy atom. The van der Waals surface area contributed by atoms with Gasteiger partial charge in [0.2, 0.25) is 0 Å². The average molecular weight is 284 g/mol. The first-order chi connectivity index (χ1) is 10.1. The summed E-state index contributed by atoms with van der Waals surface area (Å²) in [4.78, 5) is 4.47. The Kier molecular flexibility index (Phi) is 5.34. The zero-order valence-corrected chi connectivity index (χ0v) is 13.4. The van der Waals surface area contributed by atoms with E-state index in [0.717, 1.165) is 30.2 Å². The van der Waals surface area contributed by atoms with Crippen LogP contribution >= 0.6 is 0 Å². The maximum atomic E-state index is 5.99. The van der Waals surface area contributed by atoms with E-state index in [1.54, 1.807) is 0 Å². The van der Waals surface area contributed by atoms with Gasteiger partial charge in [-0.15, -0.1) is 0 Å². The van der Waals surface area contributed by atoms with Crippen LogP contribution in [0.15, 0.2) is 30.3 Å². The van der Waals surface area contributed by atoms with Gasteiger partial charge >= 0.3 is 0 Å².